The Balaban J connectivity index is 1.88. The van der Waals surface area contributed by atoms with Crippen molar-refractivity contribution in [1.29, 1.82) is 0 Å². The lowest BCUT2D eigenvalue weighted by atomic mass is 9.74. The maximum Gasteiger partial charge on any atom is 0.0705 e. The molecule has 0 amide bonds. The summed E-state index contributed by atoms with van der Waals surface area (Å²) < 4.78 is 5.78. The minimum Gasteiger partial charge on any atom is -0.378 e. The highest BCUT2D eigenvalue weighted by atomic mass is 16.5. The molecule has 1 saturated carbocycles. The lowest BCUT2D eigenvalue weighted by molar-refractivity contribution is -0.0834. The third-order valence-corrected chi connectivity index (χ3v) is 4.88. The smallest absolute Gasteiger partial charge is 0.0705 e. The van der Waals surface area contributed by atoms with Crippen LogP contribution < -0.4 is 5.32 Å². The second-order valence-electron chi connectivity index (χ2n) is 6.19. The summed E-state index contributed by atoms with van der Waals surface area (Å²) >= 11 is 0. The average molecular weight is 284 g/mol. The maximum absolute atomic E-state index is 5.78. The summed E-state index contributed by atoms with van der Waals surface area (Å²) in [6.07, 6.45) is 4.67. The summed E-state index contributed by atoms with van der Waals surface area (Å²) in [5.74, 6) is 0. The molecule has 3 nitrogen and oxygen atoms in total. The second-order valence-corrected chi connectivity index (χ2v) is 6.19. The molecule has 3 rings (SSSR count). The van der Waals surface area contributed by atoms with Gasteiger partial charge in [-0.05, 0) is 63.4 Å². The molecular weight excluding hydrogens is 260 g/mol. The summed E-state index contributed by atoms with van der Waals surface area (Å²) in [7, 11) is 3.88. The number of rotatable bonds is 5. The second kappa shape index (κ2) is 5.74. The largest absolute Gasteiger partial charge is 0.378 e. The fourth-order valence-electron chi connectivity index (χ4n) is 3.28. The molecule has 2 aromatic rings. The van der Waals surface area contributed by atoms with E-state index in [0.717, 1.165) is 17.6 Å². The van der Waals surface area contributed by atoms with Crippen LogP contribution in [0.1, 0.15) is 43.0 Å². The van der Waals surface area contributed by atoms with E-state index in [1.165, 1.54) is 30.2 Å². The van der Waals surface area contributed by atoms with Gasteiger partial charge >= 0.3 is 0 Å². The number of hydrogen-bond donors (Lipinski definition) is 1. The Morgan fingerprint density at radius 2 is 2.10 bits per heavy atom. The molecule has 3 heteroatoms. The van der Waals surface area contributed by atoms with Crippen molar-refractivity contribution in [3.63, 3.8) is 0 Å². The molecule has 1 heterocycles. The monoisotopic (exact) mass is 284 g/mol. The van der Waals surface area contributed by atoms with Crippen molar-refractivity contribution < 1.29 is 4.74 Å². The molecule has 1 N–H and O–H groups in total. The molecule has 1 aromatic heterocycles. The lowest BCUT2D eigenvalue weighted by Crippen LogP contribution is -2.42. The molecule has 1 aliphatic rings. The van der Waals surface area contributed by atoms with E-state index in [4.69, 9.17) is 4.74 Å². The number of nitrogens with zero attached hydrogens (tertiary/aromatic N) is 1. The Morgan fingerprint density at radius 3 is 2.71 bits per heavy atom. The predicted molar refractivity (Wildman–Crippen MR) is 86.5 cm³/mol. The Kier molecular flexibility index (Phi) is 3.96. The number of fused-ring (bicyclic) bond motifs is 1. The van der Waals surface area contributed by atoms with E-state index in [9.17, 15) is 0 Å². The first-order valence-corrected chi connectivity index (χ1v) is 7.75. The van der Waals surface area contributed by atoms with Gasteiger partial charge in [0.1, 0.15) is 0 Å². The molecule has 1 fully saturated rings. The Bertz CT molecular complexity index is 629. The van der Waals surface area contributed by atoms with E-state index in [0.29, 0.717) is 6.04 Å². The van der Waals surface area contributed by atoms with Crippen LogP contribution in [0, 0.1) is 6.92 Å². The van der Waals surface area contributed by atoms with E-state index < -0.39 is 0 Å². The predicted octanol–water partition coefficient (Wildman–Crippen LogP) is 3.76. The molecule has 0 aliphatic heterocycles. The Labute approximate surface area is 126 Å². The van der Waals surface area contributed by atoms with Crippen molar-refractivity contribution in [2.24, 2.45) is 0 Å². The zero-order chi connectivity index (χ0) is 14.9. The lowest BCUT2D eigenvalue weighted by Gasteiger charge is -2.43. The van der Waals surface area contributed by atoms with Gasteiger partial charge in [0.2, 0.25) is 0 Å². The Hall–Kier alpha value is -1.45. The molecule has 0 spiro atoms. The maximum atomic E-state index is 5.78. The molecule has 0 bridgehead atoms. The first-order chi connectivity index (χ1) is 10.2. The van der Waals surface area contributed by atoms with Gasteiger partial charge in [-0.15, -0.1) is 0 Å². The number of ether oxygens (including phenoxy) is 1. The molecule has 0 saturated heterocycles. The highest BCUT2D eigenvalue weighted by Crippen LogP contribution is 2.42. The first-order valence-electron chi connectivity index (χ1n) is 7.75. The number of pyridine rings is 1. The third-order valence-electron chi connectivity index (χ3n) is 4.88. The van der Waals surface area contributed by atoms with Gasteiger partial charge < -0.3 is 10.1 Å². The highest BCUT2D eigenvalue weighted by Gasteiger charge is 2.39. The number of nitrogens with one attached hydrogen (secondary N) is 1. The van der Waals surface area contributed by atoms with Crippen molar-refractivity contribution in [2.45, 2.75) is 44.2 Å². The number of aromatic nitrogens is 1. The van der Waals surface area contributed by atoms with Crippen LogP contribution in [0.3, 0.4) is 0 Å². The number of methoxy groups -OCH3 is 1. The average Bonchev–Trinajstić information content (AvgIpc) is 2.46. The minimum atomic E-state index is 0.0775. The molecular formula is C18H24N2O. The normalized spacial score (nSPS) is 18.4. The molecule has 0 radical (unpaired) electrons. The van der Waals surface area contributed by atoms with Gasteiger partial charge in [0.05, 0.1) is 11.1 Å². The molecule has 1 unspecified atom stereocenters. The van der Waals surface area contributed by atoms with Gasteiger partial charge in [0.25, 0.3) is 0 Å². The van der Waals surface area contributed by atoms with Crippen LogP contribution in [0.5, 0.6) is 0 Å². The zero-order valence-electron chi connectivity index (χ0n) is 13.1. The number of benzene rings is 1. The van der Waals surface area contributed by atoms with Crippen molar-refractivity contribution in [1.82, 2.24) is 10.3 Å². The van der Waals surface area contributed by atoms with E-state index in [1.54, 1.807) is 0 Å². The van der Waals surface area contributed by atoms with E-state index in [-0.39, 0.29) is 5.60 Å². The fraction of sp³-hybridized carbons (Fsp3) is 0.500. The first kappa shape index (κ1) is 14.5. The summed E-state index contributed by atoms with van der Waals surface area (Å²) in [6.45, 7) is 2.03. The zero-order valence-corrected chi connectivity index (χ0v) is 13.1. The van der Waals surface area contributed by atoms with Gasteiger partial charge in [-0.1, -0.05) is 12.1 Å². The van der Waals surface area contributed by atoms with Crippen LogP contribution in [0.25, 0.3) is 10.9 Å². The van der Waals surface area contributed by atoms with Crippen LogP contribution in [-0.4, -0.2) is 24.7 Å². The number of hydrogen-bond acceptors (Lipinski definition) is 3. The SMILES string of the molecule is CNC(CC1(OC)CCC1)c1ccc2nc(C)ccc2c1. The summed E-state index contributed by atoms with van der Waals surface area (Å²) in [5, 5.41) is 4.66. The molecule has 1 aromatic carbocycles. The summed E-state index contributed by atoms with van der Waals surface area (Å²) in [6, 6.07) is 11.1. The van der Waals surface area contributed by atoms with Crippen LogP contribution in [-0.2, 0) is 4.74 Å². The van der Waals surface area contributed by atoms with Crippen LogP contribution in [0.2, 0.25) is 0 Å². The van der Waals surface area contributed by atoms with Crippen molar-refractivity contribution in [3.05, 3.63) is 41.6 Å². The molecule has 21 heavy (non-hydrogen) atoms. The van der Waals surface area contributed by atoms with Crippen molar-refractivity contribution in [2.75, 3.05) is 14.2 Å². The van der Waals surface area contributed by atoms with Crippen molar-refractivity contribution >= 4 is 10.9 Å². The highest BCUT2D eigenvalue weighted by molar-refractivity contribution is 5.79. The minimum absolute atomic E-state index is 0.0775. The molecule has 1 atom stereocenters. The quantitative estimate of drug-likeness (QED) is 0.907. The van der Waals surface area contributed by atoms with Gasteiger partial charge in [-0.25, -0.2) is 0 Å². The number of aryl methyl sites for hydroxylation is 1. The van der Waals surface area contributed by atoms with E-state index >= 15 is 0 Å². The third kappa shape index (κ3) is 2.81. The standard InChI is InChI=1S/C18H24N2O/c1-13-5-6-14-11-15(7-8-16(14)20-13)17(19-2)12-18(21-3)9-4-10-18/h5-8,11,17,19H,4,9-10,12H2,1-3H3. The van der Waals surface area contributed by atoms with Gasteiger partial charge in [-0.2, -0.15) is 0 Å². The molecule has 1 aliphatic carbocycles. The van der Waals surface area contributed by atoms with E-state index in [2.05, 4.69) is 40.6 Å². The van der Waals surface area contributed by atoms with Gasteiger partial charge in [0, 0.05) is 24.2 Å². The Morgan fingerprint density at radius 1 is 1.29 bits per heavy atom. The van der Waals surface area contributed by atoms with Crippen molar-refractivity contribution in [3.8, 4) is 0 Å². The van der Waals surface area contributed by atoms with E-state index in [1.807, 2.05) is 21.1 Å². The van der Waals surface area contributed by atoms with Crippen LogP contribution in [0.15, 0.2) is 30.3 Å². The van der Waals surface area contributed by atoms with Gasteiger partial charge in [-0.3, -0.25) is 4.98 Å². The summed E-state index contributed by atoms with van der Waals surface area (Å²) in [4.78, 5) is 4.57. The van der Waals surface area contributed by atoms with Crippen LogP contribution in [0.4, 0.5) is 0 Å². The fourth-order valence-corrected chi connectivity index (χ4v) is 3.28. The van der Waals surface area contributed by atoms with Gasteiger partial charge in [0.15, 0.2) is 0 Å². The van der Waals surface area contributed by atoms with Crippen LogP contribution >= 0.6 is 0 Å². The summed E-state index contributed by atoms with van der Waals surface area (Å²) in [5.41, 5.74) is 3.53. The topological polar surface area (TPSA) is 34.1 Å². The molecule has 112 valence electrons.